The number of fused-ring (bicyclic) bond motifs is 1. The molecule has 0 aliphatic heterocycles. The van der Waals surface area contributed by atoms with Gasteiger partial charge >= 0.3 is 0 Å². The third kappa shape index (κ3) is 4.79. The third-order valence-electron chi connectivity index (χ3n) is 4.75. The van der Waals surface area contributed by atoms with Crippen LogP contribution in [0.2, 0.25) is 0 Å². The number of aromatic nitrogens is 1. The lowest BCUT2D eigenvalue weighted by atomic mass is 10.0. The number of ether oxygens (including phenoxy) is 1. The van der Waals surface area contributed by atoms with Crippen LogP contribution < -0.4 is 10.1 Å². The number of likely N-dealkylation sites (N-methyl/N-ethyl adjacent to an activating group) is 1. The number of rotatable bonds is 7. The minimum atomic E-state index is -0.245. The van der Waals surface area contributed by atoms with Gasteiger partial charge in [0, 0.05) is 41.2 Å². The molecule has 6 nitrogen and oxygen atoms in total. The third-order valence-corrected chi connectivity index (χ3v) is 5.24. The van der Waals surface area contributed by atoms with Gasteiger partial charge in [-0.25, -0.2) is 0 Å². The highest BCUT2D eigenvalue weighted by atomic mass is 79.9. The van der Waals surface area contributed by atoms with Crippen LogP contribution >= 0.6 is 15.9 Å². The summed E-state index contributed by atoms with van der Waals surface area (Å²) in [5.41, 5.74) is 2.33. The molecule has 0 bridgehead atoms. The van der Waals surface area contributed by atoms with E-state index >= 15 is 0 Å². The molecule has 3 rings (SSSR count). The number of nitrogens with zero attached hydrogens (tertiary/aromatic N) is 1. The lowest BCUT2D eigenvalue weighted by Gasteiger charge is -2.21. The zero-order valence-corrected chi connectivity index (χ0v) is 18.2. The van der Waals surface area contributed by atoms with E-state index in [9.17, 15) is 9.59 Å². The van der Waals surface area contributed by atoms with Crippen LogP contribution in [0.4, 0.5) is 0 Å². The molecule has 0 saturated carbocycles. The van der Waals surface area contributed by atoms with Crippen molar-refractivity contribution in [3.05, 3.63) is 64.3 Å². The zero-order chi connectivity index (χ0) is 21.0. The lowest BCUT2D eigenvalue weighted by Crippen LogP contribution is -2.30. The van der Waals surface area contributed by atoms with Gasteiger partial charge in [-0.15, -0.1) is 0 Å². The predicted molar refractivity (Wildman–Crippen MR) is 117 cm³/mol. The Labute approximate surface area is 178 Å². The van der Waals surface area contributed by atoms with Crippen LogP contribution in [-0.2, 0) is 4.79 Å². The first-order chi connectivity index (χ1) is 13.9. The molecule has 2 N–H and O–H groups in total. The van der Waals surface area contributed by atoms with E-state index < -0.39 is 0 Å². The van der Waals surface area contributed by atoms with Gasteiger partial charge in [-0.3, -0.25) is 9.59 Å². The second kappa shape index (κ2) is 9.13. The van der Waals surface area contributed by atoms with E-state index in [0.29, 0.717) is 17.7 Å². The van der Waals surface area contributed by atoms with Crippen LogP contribution in [0.3, 0.4) is 0 Å². The monoisotopic (exact) mass is 457 g/mol. The molecule has 152 valence electrons. The molecule has 2 aromatic carbocycles. The number of halogens is 1. The van der Waals surface area contributed by atoms with Crippen molar-refractivity contribution in [1.29, 1.82) is 0 Å². The van der Waals surface area contributed by atoms with Gasteiger partial charge in [0.2, 0.25) is 0 Å². The Kier molecular flexibility index (Phi) is 6.59. The minimum Gasteiger partial charge on any atom is -0.483 e. The molecule has 0 aliphatic carbocycles. The van der Waals surface area contributed by atoms with E-state index in [1.54, 1.807) is 20.3 Å². The van der Waals surface area contributed by atoms with Crippen molar-refractivity contribution >= 4 is 38.6 Å². The predicted octanol–water partition coefficient (Wildman–Crippen LogP) is 4.28. The van der Waals surface area contributed by atoms with E-state index in [-0.39, 0.29) is 24.5 Å². The Morgan fingerprint density at radius 1 is 1.21 bits per heavy atom. The minimum absolute atomic E-state index is 0.0507. The highest BCUT2D eigenvalue weighted by Crippen LogP contribution is 2.29. The van der Waals surface area contributed by atoms with Gasteiger partial charge in [0.25, 0.3) is 11.8 Å². The molecule has 3 aromatic rings. The van der Waals surface area contributed by atoms with Gasteiger partial charge in [0.05, 0.1) is 11.6 Å². The highest BCUT2D eigenvalue weighted by molar-refractivity contribution is 9.10. The molecule has 0 saturated heterocycles. The maximum Gasteiger partial charge on any atom is 0.259 e. The maximum absolute atomic E-state index is 13.0. The average molecular weight is 458 g/mol. The first-order valence-electron chi connectivity index (χ1n) is 9.40. The molecule has 0 spiro atoms. The molecule has 1 aromatic heterocycles. The number of nitrogens with one attached hydrogen (secondary N) is 2. The number of amides is 2. The number of H-pyrrole nitrogens is 1. The summed E-state index contributed by atoms with van der Waals surface area (Å²) >= 11 is 3.46. The smallest absolute Gasteiger partial charge is 0.259 e. The van der Waals surface area contributed by atoms with Crippen molar-refractivity contribution in [1.82, 2.24) is 15.2 Å². The molecule has 29 heavy (non-hydrogen) atoms. The van der Waals surface area contributed by atoms with Crippen molar-refractivity contribution in [2.45, 2.75) is 19.4 Å². The van der Waals surface area contributed by atoms with Crippen molar-refractivity contribution in [2.75, 3.05) is 20.7 Å². The molecule has 7 heteroatoms. The maximum atomic E-state index is 13.0. The Hall–Kier alpha value is -2.80. The molecular weight excluding hydrogens is 434 g/mol. The first kappa shape index (κ1) is 20.9. The fraction of sp³-hybridized carbons (Fsp3) is 0.273. The number of benzene rings is 2. The molecule has 2 amide bonds. The van der Waals surface area contributed by atoms with Gasteiger partial charge in [0.15, 0.2) is 6.61 Å². The molecule has 1 heterocycles. The summed E-state index contributed by atoms with van der Waals surface area (Å²) in [6.07, 6.45) is 2.40. The summed E-state index contributed by atoms with van der Waals surface area (Å²) in [5, 5.41) is 3.95. The quantitative estimate of drug-likeness (QED) is 0.555. The molecule has 1 atom stereocenters. The van der Waals surface area contributed by atoms with Crippen LogP contribution in [0.15, 0.2) is 53.1 Å². The fourth-order valence-corrected chi connectivity index (χ4v) is 3.45. The molecule has 0 radical (unpaired) electrons. The van der Waals surface area contributed by atoms with Gasteiger partial charge in [-0.05, 0) is 30.7 Å². The average Bonchev–Trinajstić information content (AvgIpc) is 3.13. The summed E-state index contributed by atoms with van der Waals surface area (Å²) in [5.74, 6) is 0.304. The van der Waals surface area contributed by atoms with Crippen LogP contribution in [0.1, 0.15) is 35.3 Å². The Morgan fingerprint density at radius 3 is 2.69 bits per heavy atom. The second-order valence-corrected chi connectivity index (χ2v) is 7.86. The summed E-state index contributed by atoms with van der Waals surface area (Å²) in [4.78, 5) is 29.5. The Morgan fingerprint density at radius 2 is 1.97 bits per heavy atom. The molecule has 0 aliphatic rings. The summed E-state index contributed by atoms with van der Waals surface area (Å²) in [6, 6.07) is 13.0. The summed E-state index contributed by atoms with van der Waals surface area (Å²) < 4.78 is 6.66. The lowest BCUT2D eigenvalue weighted by molar-refractivity contribution is -0.130. The van der Waals surface area contributed by atoms with Crippen molar-refractivity contribution < 1.29 is 14.3 Å². The number of para-hydroxylation sites is 1. The van der Waals surface area contributed by atoms with Crippen molar-refractivity contribution in [3.8, 4) is 5.75 Å². The van der Waals surface area contributed by atoms with Gasteiger partial charge in [0.1, 0.15) is 5.75 Å². The van der Waals surface area contributed by atoms with Crippen LogP contribution in [0, 0.1) is 0 Å². The van der Waals surface area contributed by atoms with Crippen LogP contribution in [0.25, 0.3) is 10.9 Å². The van der Waals surface area contributed by atoms with E-state index in [1.165, 1.54) is 4.90 Å². The van der Waals surface area contributed by atoms with E-state index in [4.69, 9.17) is 4.74 Å². The number of hydrogen-bond acceptors (Lipinski definition) is 3. The number of hydrogen-bond donors (Lipinski definition) is 2. The van der Waals surface area contributed by atoms with Crippen molar-refractivity contribution in [2.24, 2.45) is 0 Å². The Balaban J connectivity index is 1.82. The van der Waals surface area contributed by atoms with Crippen molar-refractivity contribution in [3.63, 3.8) is 0 Å². The standard InChI is InChI=1S/C22H24BrN3O3/c1-4-18(15-7-5-6-8-20(15)29-13-21(27)26(2)3)25-22(28)17-12-24-19-10-9-14(23)11-16(17)19/h5-12,18,24H,4,13H2,1-3H3,(H,25,28). The topological polar surface area (TPSA) is 74.4 Å². The van der Waals surface area contributed by atoms with Gasteiger partial charge in [-0.1, -0.05) is 41.1 Å². The number of carbonyl (C=O) groups excluding carboxylic acids is 2. The summed E-state index contributed by atoms with van der Waals surface area (Å²) in [7, 11) is 3.37. The van der Waals surface area contributed by atoms with E-state index in [1.807, 2.05) is 49.4 Å². The van der Waals surface area contributed by atoms with E-state index in [0.717, 1.165) is 20.9 Å². The molecule has 0 fully saturated rings. The SMILES string of the molecule is CCC(NC(=O)c1c[nH]c2ccc(Br)cc12)c1ccccc1OCC(=O)N(C)C. The second-order valence-electron chi connectivity index (χ2n) is 6.94. The number of carbonyl (C=O) groups is 2. The van der Waals surface area contributed by atoms with Crippen LogP contribution in [0.5, 0.6) is 5.75 Å². The fourth-order valence-electron chi connectivity index (χ4n) is 3.08. The molecule has 1 unspecified atom stereocenters. The van der Waals surface area contributed by atoms with Crippen LogP contribution in [-0.4, -0.2) is 42.4 Å². The highest BCUT2D eigenvalue weighted by Gasteiger charge is 2.20. The number of aromatic amines is 1. The first-order valence-corrected chi connectivity index (χ1v) is 10.2. The normalized spacial score (nSPS) is 11.9. The molecular formula is C22H24BrN3O3. The van der Waals surface area contributed by atoms with E-state index in [2.05, 4.69) is 26.2 Å². The van der Waals surface area contributed by atoms with Gasteiger partial charge in [-0.2, -0.15) is 0 Å². The zero-order valence-electron chi connectivity index (χ0n) is 16.7. The van der Waals surface area contributed by atoms with Gasteiger partial charge < -0.3 is 19.9 Å². The summed E-state index contributed by atoms with van der Waals surface area (Å²) in [6.45, 7) is 1.95. The largest absolute Gasteiger partial charge is 0.483 e. The Bertz CT molecular complexity index is 1030.